The number of ketones is 1. The van der Waals surface area contributed by atoms with Crippen LogP contribution in [0, 0.1) is 11.6 Å². The number of hydrogen-bond acceptors (Lipinski definition) is 5. The van der Waals surface area contributed by atoms with Gasteiger partial charge in [-0.05, 0) is 12.1 Å². The van der Waals surface area contributed by atoms with Crippen molar-refractivity contribution in [2.75, 3.05) is 11.9 Å². The molecular formula is C17H10F5N3O2. The first kappa shape index (κ1) is 18.5. The maximum atomic E-state index is 13.1. The largest absolute Gasteiger partial charge is 0.471 e. The Morgan fingerprint density at radius 1 is 1.04 bits per heavy atom. The molecule has 0 spiro atoms. The summed E-state index contributed by atoms with van der Waals surface area (Å²) < 4.78 is 67.5. The van der Waals surface area contributed by atoms with Gasteiger partial charge in [0.15, 0.2) is 17.4 Å². The van der Waals surface area contributed by atoms with Gasteiger partial charge in [-0.3, -0.25) is 4.79 Å². The molecule has 1 heterocycles. The topological polar surface area (TPSA) is 68.0 Å². The Morgan fingerprint density at radius 2 is 1.74 bits per heavy atom. The van der Waals surface area contributed by atoms with E-state index in [9.17, 15) is 26.7 Å². The number of anilines is 1. The number of aromatic nitrogens is 2. The lowest BCUT2D eigenvalue weighted by molar-refractivity contribution is -0.159. The molecule has 0 aliphatic rings. The molecule has 0 amide bonds. The molecule has 0 fully saturated rings. The first-order valence-electron chi connectivity index (χ1n) is 7.47. The average molecular weight is 383 g/mol. The summed E-state index contributed by atoms with van der Waals surface area (Å²) in [6, 6.07) is 8.63. The highest BCUT2D eigenvalue weighted by Gasteiger charge is 2.38. The van der Waals surface area contributed by atoms with E-state index in [1.54, 1.807) is 0 Å². The van der Waals surface area contributed by atoms with E-state index in [1.807, 2.05) is 0 Å². The molecule has 0 bridgehead atoms. The third-order valence-corrected chi connectivity index (χ3v) is 3.51. The van der Waals surface area contributed by atoms with Gasteiger partial charge in [0.25, 0.3) is 0 Å². The number of carbonyl (C=O) groups excluding carboxylic acids is 1. The van der Waals surface area contributed by atoms with Crippen LogP contribution >= 0.6 is 0 Å². The van der Waals surface area contributed by atoms with E-state index in [-0.39, 0.29) is 35.0 Å². The van der Waals surface area contributed by atoms with Crippen molar-refractivity contribution >= 4 is 11.5 Å². The Balaban J connectivity index is 1.66. The standard InChI is InChI=1S/C17H10F5N3O2/c18-12-6-5-11(7-13(12)19)23-8-14(26)9-1-3-10(4-2-9)15-24-16(27-25-15)17(20,21)22/h1-7,23H,8H2. The highest BCUT2D eigenvalue weighted by molar-refractivity contribution is 5.99. The van der Waals surface area contributed by atoms with Gasteiger partial charge in [0.2, 0.25) is 5.82 Å². The van der Waals surface area contributed by atoms with Gasteiger partial charge in [0, 0.05) is 22.9 Å². The molecule has 3 rings (SSSR count). The van der Waals surface area contributed by atoms with Crippen molar-refractivity contribution < 1.29 is 31.3 Å². The summed E-state index contributed by atoms with van der Waals surface area (Å²) in [5.74, 6) is -4.14. The summed E-state index contributed by atoms with van der Waals surface area (Å²) in [5.41, 5.74) is 0.720. The van der Waals surface area contributed by atoms with Crippen molar-refractivity contribution in [3.63, 3.8) is 0 Å². The monoisotopic (exact) mass is 383 g/mol. The van der Waals surface area contributed by atoms with E-state index in [0.717, 1.165) is 12.1 Å². The fourth-order valence-corrected chi connectivity index (χ4v) is 2.15. The summed E-state index contributed by atoms with van der Waals surface area (Å²) in [4.78, 5) is 15.4. The SMILES string of the molecule is O=C(CNc1ccc(F)c(F)c1)c1ccc(-c2noc(C(F)(F)F)n2)cc1. The number of hydrogen-bond donors (Lipinski definition) is 1. The van der Waals surface area contributed by atoms with Gasteiger partial charge in [-0.1, -0.05) is 29.4 Å². The molecular weight excluding hydrogens is 373 g/mol. The molecule has 0 unspecified atom stereocenters. The minimum absolute atomic E-state index is 0.190. The zero-order valence-corrected chi connectivity index (χ0v) is 13.3. The van der Waals surface area contributed by atoms with Gasteiger partial charge in [-0.2, -0.15) is 18.2 Å². The first-order valence-corrected chi connectivity index (χ1v) is 7.47. The molecule has 10 heteroatoms. The molecule has 0 atom stereocenters. The summed E-state index contributed by atoms with van der Waals surface area (Å²) in [6.45, 7) is -0.190. The maximum absolute atomic E-state index is 13.1. The third-order valence-electron chi connectivity index (χ3n) is 3.51. The summed E-state index contributed by atoms with van der Waals surface area (Å²) >= 11 is 0. The molecule has 0 aliphatic carbocycles. The van der Waals surface area contributed by atoms with E-state index in [2.05, 4.69) is 20.0 Å². The van der Waals surface area contributed by atoms with Gasteiger partial charge in [-0.25, -0.2) is 8.78 Å². The van der Waals surface area contributed by atoms with Crippen molar-refractivity contribution in [3.8, 4) is 11.4 Å². The molecule has 0 saturated heterocycles. The van der Waals surface area contributed by atoms with Crippen molar-refractivity contribution in [1.82, 2.24) is 10.1 Å². The summed E-state index contributed by atoms with van der Waals surface area (Å²) in [6.07, 6.45) is -4.74. The second kappa shape index (κ2) is 7.14. The smallest absolute Gasteiger partial charge is 0.377 e. The number of Topliss-reactive ketones (excluding diaryl/α,β-unsaturated/α-hetero) is 1. The van der Waals surface area contributed by atoms with Crippen LogP contribution in [0.2, 0.25) is 0 Å². The second-order valence-corrected chi connectivity index (χ2v) is 5.40. The second-order valence-electron chi connectivity index (χ2n) is 5.40. The van der Waals surface area contributed by atoms with Gasteiger partial charge in [0.1, 0.15) is 0 Å². The van der Waals surface area contributed by atoms with E-state index in [0.29, 0.717) is 0 Å². The minimum Gasteiger partial charge on any atom is -0.377 e. The van der Waals surface area contributed by atoms with E-state index in [1.165, 1.54) is 30.3 Å². The zero-order valence-electron chi connectivity index (χ0n) is 13.3. The third kappa shape index (κ3) is 4.27. The number of benzene rings is 2. The Hall–Kier alpha value is -3.30. The highest BCUT2D eigenvalue weighted by Crippen LogP contribution is 2.29. The fourth-order valence-electron chi connectivity index (χ4n) is 2.15. The van der Waals surface area contributed by atoms with E-state index >= 15 is 0 Å². The van der Waals surface area contributed by atoms with Crippen LogP contribution in [-0.2, 0) is 6.18 Å². The van der Waals surface area contributed by atoms with Crippen LogP contribution in [0.15, 0.2) is 47.0 Å². The Kier molecular flexibility index (Phi) is 4.89. The van der Waals surface area contributed by atoms with Gasteiger partial charge >= 0.3 is 12.1 Å². The van der Waals surface area contributed by atoms with Crippen LogP contribution < -0.4 is 5.32 Å². The molecule has 0 radical (unpaired) electrons. The Labute approximate surface area is 148 Å². The lowest BCUT2D eigenvalue weighted by Gasteiger charge is -2.06. The van der Waals surface area contributed by atoms with Gasteiger partial charge in [-0.15, -0.1) is 0 Å². The number of alkyl halides is 3. The minimum atomic E-state index is -4.74. The molecule has 0 saturated carbocycles. The molecule has 3 aromatic rings. The molecule has 140 valence electrons. The Bertz CT molecular complexity index is 967. The van der Waals surface area contributed by atoms with Crippen molar-refractivity contribution in [2.45, 2.75) is 6.18 Å². The van der Waals surface area contributed by atoms with Crippen LogP contribution in [-0.4, -0.2) is 22.5 Å². The van der Waals surface area contributed by atoms with Gasteiger partial charge in [0.05, 0.1) is 6.54 Å². The molecule has 1 aromatic heterocycles. The number of carbonyl (C=O) groups is 1. The van der Waals surface area contributed by atoms with Crippen LogP contribution in [0.4, 0.5) is 27.6 Å². The predicted molar refractivity (Wildman–Crippen MR) is 83.9 cm³/mol. The molecule has 2 aromatic carbocycles. The van der Waals surface area contributed by atoms with Crippen molar-refractivity contribution in [1.29, 1.82) is 0 Å². The first-order chi connectivity index (χ1) is 12.7. The maximum Gasteiger partial charge on any atom is 0.471 e. The Morgan fingerprint density at radius 3 is 2.33 bits per heavy atom. The highest BCUT2D eigenvalue weighted by atomic mass is 19.4. The van der Waals surface area contributed by atoms with Crippen LogP contribution in [0.3, 0.4) is 0 Å². The normalized spacial score (nSPS) is 11.4. The number of nitrogens with zero attached hydrogens (tertiary/aromatic N) is 2. The number of nitrogens with one attached hydrogen (secondary N) is 1. The van der Waals surface area contributed by atoms with Crippen molar-refractivity contribution in [3.05, 3.63) is 65.6 Å². The van der Waals surface area contributed by atoms with E-state index < -0.39 is 23.7 Å². The van der Waals surface area contributed by atoms with E-state index in [4.69, 9.17) is 0 Å². The van der Waals surface area contributed by atoms with Crippen LogP contribution in [0.5, 0.6) is 0 Å². The summed E-state index contributed by atoms with van der Waals surface area (Å²) in [7, 11) is 0. The predicted octanol–water partition coefficient (Wildman–Crippen LogP) is 4.33. The number of rotatable bonds is 5. The fraction of sp³-hybridized carbons (Fsp3) is 0.118. The van der Waals surface area contributed by atoms with Gasteiger partial charge < -0.3 is 9.84 Å². The number of halogens is 5. The van der Waals surface area contributed by atoms with Crippen LogP contribution in [0.1, 0.15) is 16.2 Å². The average Bonchev–Trinajstić information content (AvgIpc) is 3.13. The molecule has 0 aliphatic heterocycles. The molecule has 5 nitrogen and oxygen atoms in total. The molecule has 1 N–H and O–H groups in total. The van der Waals surface area contributed by atoms with Crippen molar-refractivity contribution in [2.24, 2.45) is 0 Å². The zero-order chi connectivity index (χ0) is 19.6. The van der Waals surface area contributed by atoms with Crippen LogP contribution in [0.25, 0.3) is 11.4 Å². The molecule has 27 heavy (non-hydrogen) atoms. The lowest BCUT2D eigenvalue weighted by Crippen LogP contribution is -2.14. The summed E-state index contributed by atoms with van der Waals surface area (Å²) in [5, 5.41) is 5.91. The quantitative estimate of drug-likeness (QED) is 0.525. The lowest BCUT2D eigenvalue weighted by atomic mass is 10.1.